The van der Waals surface area contributed by atoms with Crippen LogP contribution in [0.25, 0.3) is 22.3 Å². The maximum atomic E-state index is 13.7. The highest BCUT2D eigenvalue weighted by molar-refractivity contribution is 5.87. The number of alkyl carbamates (subject to hydrolysis) is 2. The summed E-state index contributed by atoms with van der Waals surface area (Å²) in [6.07, 6.45) is 12.8. The topological polar surface area (TPSA) is 129 Å². The average molecular weight is 895 g/mol. The summed E-state index contributed by atoms with van der Waals surface area (Å²) in [4.78, 5) is 54.8. The van der Waals surface area contributed by atoms with Crippen molar-refractivity contribution in [3.8, 4) is 22.3 Å². The second-order valence-electron chi connectivity index (χ2n) is 17.1. The zero-order valence-corrected chi connectivity index (χ0v) is 38.7. The van der Waals surface area contributed by atoms with E-state index in [4.69, 9.17) is 18.9 Å². The number of benzene rings is 4. The minimum atomic E-state index is -1.29. The quantitative estimate of drug-likeness (QED) is 0.0276. The molecule has 0 radical (unpaired) electrons. The number of nitrogens with one attached hydrogen (secondary N) is 2. The van der Waals surface area contributed by atoms with Gasteiger partial charge in [0.25, 0.3) is 0 Å². The van der Waals surface area contributed by atoms with Crippen molar-refractivity contribution in [2.75, 3.05) is 26.4 Å². The molecule has 6 rings (SSSR count). The largest absolute Gasteiger partial charge is 0.464 e. The molecule has 2 atom stereocenters. The molecule has 0 spiro atoms. The molecule has 0 bridgehead atoms. The minimum absolute atomic E-state index is 0.121. The molecule has 348 valence electrons. The summed E-state index contributed by atoms with van der Waals surface area (Å²) in [5, 5.41) is 5.95. The molecule has 2 aliphatic carbocycles. The van der Waals surface area contributed by atoms with Crippen LogP contribution in [0.2, 0.25) is 0 Å². The van der Waals surface area contributed by atoms with E-state index < -0.39 is 35.2 Å². The molecule has 2 N–H and O–H groups in total. The molecule has 4 aromatic carbocycles. The van der Waals surface area contributed by atoms with Crippen LogP contribution in [0, 0.1) is 0 Å². The number of hydrogen-bond donors (Lipinski definition) is 2. The molecule has 0 saturated carbocycles. The minimum Gasteiger partial charge on any atom is -0.464 e. The fraction of sp³-hybridized carbons (Fsp3) is 0.393. The lowest BCUT2D eigenvalue weighted by molar-refractivity contribution is -0.152. The number of unbranched alkanes of at least 4 members (excludes halogenated alkanes) is 4. The van der Waals surface area contributed by atoms with Crippen molar-refractivity contribution in [3.63, 3.8) is 0 Å². The van der Waals surface area contributed by atoms with Crippen LogP contribution in [0.1, 0.15) is 125 Å². The van der Waals surface area contributed by atoms with Gasteiger partial charge in [-0.05, 0) is 135 Å². The van der Waals surface area contributed by atoms with Crippen molar-refractivity contribution < 1.29 is 38.1 Å². The van der Waals surface area contributed by atoms with E-state index in [2.05, 4.69) is 84.5 Å². The van der Waals surface area contributed by atoms with Crippen LogP contribution in [-0.4, -0.2) is 61.6 Å². The predicted octanol–water partition coefficient (Wildman–Crippen LogP) is 12.3. The van der Waals surface area contributed by atoms with Gasteiger partial charge in [-0.1, -0.05) is 121 Å². The van der Waals surface area contributed by atoms with E-state index in [9.17, 15) is 19.2 Å². The van der Waals surface area contributed by atoms with Crippen molar-refractivity contribution in [2.24, 2.45) is 0 Å². The Bertz CT molecular complexity index is 2090. The number of carbonyl (C=O) groups is 4. The SMILES string of the molecule is C=CCCCC(CCCC=CCCCC(CCCC=C)(NC(=O)OCC1c2ccccc2-c2ccccc21)C(=O)OCC)(NC(=O)OCC1c2ccccc2-c2ccccc21)C(=O)OCC. The highest BCUT2D eigenvalue weighted by Gasteiger charge is 2.43. The lowest BCUT2D eigenvalue weighted by Crippen LogP contribution is -2.55. The van der Waals surface area contributed by atoms with Crippen LogP contribution < -0.4 is 10.6 Å². The molecule has 0 fully saturated rings. The fourth-order valence-corrected chi connectivity index (χ4v) is 9.58. The van der Waals surface area contributed by atoms with Crippen LogP contribution in [0.5, 0.6) is 0 Å². The summed E-state index contributed by atoms with van der Waals surface area (Å²) in [6.45, 7) is 11.8. The molecule has 0 aliphatic heterocycles. The average Bonchev–Trinajstić information content (AvgIpc) is 3.83. The number of fused-ring (bicyclic) bond motifs is 6. The fourth-order valence-electron chi connectivity index (χ4n) is 9.58. The first-order valence-electron chi connectivity index (χ1n) is 23.7. The zero-order valence-electron chi connectivity index (χ0n) is 38.7. The monoisotopic (exact) mass is 894 g/mol. The Balaban J connectivity index is 1.06. The Morgan fingerprint density at radius 1 is 0.485 bits per heavy atom. The highest BCUT2D eigenvalue weighted by Crippen LogP contribution is 2.46. The van der Waals surface area contributed by atoms with E-state index in [1.807, 2.05) is 48.5 Å². The molecular weight excluding hydrogens is 829 g/mol. The Hall–Kier alpha value is -6.42. The van der Waals surface area contributed by atoms with Crippen LogP contribution in [0.15, 0.2) is 135 Å². The number of allylic oxidation sites excluding steroid dienone is 4. The molecule has 0 heterocycles. The molecule has 10 nitrogen and oxygen atoms in total. The van der Waals surface area contributed by atoms with Gasteiger partial charge in [0.2, 0.25) is 0 Å². The van der Waals surface area contributed by atoms with Gasteiger partial charge in [0, 0.05) is 11.8 Å². The Morgan fingerprint density at radius 3 is 1.09 bits per heavy atom. The van der Waals surface area contributed by atoms with Gasteiger partial charge in [0.15, 0.2) is 0 Å². The number of hydrogen-bond acceptors (Lipinski definition) is 8. The summed E-state index contributed by atoms with van der Waals surface area (Å²) in [6, 6.07) is 32.6. The van der Waals surface area contributed by atoms with Crippen molar-refractivity contribution >= 4 is 24.1 Å². The molecule has 66 heavy (non-hydrogen) atoms. The van der Waals surface area contributed by atoms with E-state index >= 15 is 0 Å². The molecule has 4 aromatic rings. The second-order valence-corrected chi connectivity index (χ2v) is 17.1. The first-order valence-corrected chi connectivity index (χ1v) is 23.7. The van der Waals surface area contributed by atoms with Gasteiger partial charge in [0.05, 0.1) is 13.2 Å². The van der Waals surface area contributed by atoms with E-state index in [-0.39, 0.29) is 38.3 Å². The van der Waals surface area contributed by atoms with E-state index in [0.29, 0.717) is 77.0 Å². The molecule has 2 amide bonds. The van der Waals surface area contributed by atoms with Crippen molar-refractivity contribution in [1.82, 2.24) is 10.6 Å². The number of carbonyl (C=O) groups excluding carboxylic acids is 4. The number of esters is 2. The summed E-state index contributed by atoms with van der Waals surface area (Å²) < 4.78 is 23.0. The second kappa shape index (κ2) is 24.2. The van der Waals surface area contributed by atoms with Gasteiger partial charge < -0.3 is 29.6 Å². The third-order valence-electron chi connectivity index (χ3n) is 12.8. The predicted molar refractivity (Wildman–Crippen MR) is 260 cm³/mol. The van der Waals surface area contributed by atoms with Gasteiger partial charge in [-0.25, -0.2) is 19.2 Å². The lowest BCUT2D eigenvalue weighted by atomic mass is 9.86. The first kappa shape index (κ1) is 49.0. The third kappa shape index (κ3) is 11.9. The highest BCUT2D eigenvalue weighted by atomic mass is 16.6. The third-order valence-corrected chi connectivity index (χ3v) is 12.8. The maximum Gasteiger partial charge on any atom is 0.408 e. The summed E-state index contributed by atoms with van der Waals surface area (Å²) in [5.41, 5.74) is 6.37. The van der Waals surface area contributed by atoms with Gasteiger partial charge >= 0.3 is 24.1 Å². The van der Waals surface area contributed by atoms with Crippen molar-refractivity contribution in [1.29, 1.82) is 0 Å². The normalized spacial score (nSPS) is 14.4. The van der Waals surface area contributed by atoms with Gasteiger partial charge in [-0.2, -0.15) is 0 Å². The standard InChI is InChI=1S/C56H66N2O8/c1-5-9-23-35-55(51(59)63-7-3,57-53(61)65-39-49-45-31-19-15-27-41(45)42-28-16-20-32-46(42)49)37-25-13-11-12-14-26-38-56(36-24-10-6-2,52(60)64-8-4)58-54(62)66-40-50-47-33-21-17-29-43(47)44-30-18-22-34-48(44)50/h5-6,11-12,15-22,27-34,49-50H,1-2,7-10,13-14,23-26,35-40H2,3-4H3,(H,57,61)(H,58,62). The maximum absolute atomic E-state index is 13.7. The number of rotatable bonds is 26. The molecule has 0 saturated heterocycles. The van der Waals surface area contributed by atoms with Crippen molar-refractivity contribution in [2.45, 2.75) is 114 Å². The summed E-state index contributed by atoms with van der Waals surface area (Å²) >= 11 is 0. The number of amides is 2. The molecule has 10 heteroatoms. The summed E-state index contributed by atoms with van der Waals surface area (Å²) in [7, 11) is 0. The van der Waals surface area contributed by atoms with Gasteiger partial charge in [-0.3, -0.25) is 0 Å². The number of ether oxygens (including phenoxy) is 4. The summed E-state index contributed by atoms with van der Waals surface area (Å²) in [5.74, 6) is -1.21. The smallest absolute Gasteiger partial charge is 0.408 e. The van der Waals surface area contributed by atoms with E-state index in [1.54, 1.807) is 26.0 Å². The Kier molecular flexibility index (Phi) is 18.0. The van der Waals surface area contributed by atoms with Crippen LogP contribution in [0.3, 0.4) is 0 Å². The van der Waals surface area contributed by atoms with Crippen LogP contribution >= 0.6 is 0 Å². The van der Waals surface area contributed by atoms with E-state index in [1.165, 1.54) is 0 Å². The molecule has 2 aliphatic rings. The Morgan fingerprint density at radius 2 is 0.788 bits per heavy atom. The van der Waals surface area contributed by atoms with Crippen molar-refractivity contribution in [3.05, 3.63) is 157 Å². The van der Waals surface area contributed by atoms with Gasteiger partial charge in [-0.15, -0.1) is 13.2 Å². The van der Waals surface area contributed by atoms with Gasteiger partial charge in [0.1, 0.15) is 24.3 Å². The van der Waals surface area contributed by atoms with E-state index in [0.717, 1.165) is 44.5 Å². The Labute approximate surface area is 390 Å². The molecule has 2 unspecified atom stereocenters. The van der Waals surface area contributed by atoms with Crippen LogP contribution in [-0.2, 0) is 28.5 Å². The first-order chi connectivity index (χ1) is 32.2. The zero-order chi connectivity index (χ0) is 46.8. The lowest BCUT2D eigenvalue weighted by Gasteiger charge is -2.32. The molecule has 0 aromatic heterocycles. The van der Waals surface area contributed by atoms with Crippen LogP contribution in [0.4, 0.5) is 9.59 Å². The molecular formula is C56H66N2O8.